The third-order valence-corrected chi connectivity index (χ3v) is 3.22. The third kappa shape index (κ3) is 1.37. The first-order valence-electron chi connectivity index (χ1n) is 4.67. The molecule has 1 aliphatic heterocycles. The van der Waals surface area contributed by atoms with Crippen LogP contribution in [0.15, 0.2) is 0 Å². The van der Waals surface area contributed by atoms with Gasteiger partial charge in [0.05, 0.1) is 19.3 Å². The van der Waals surface area contributed by atoms with Crippen LogP contribution in [0.1, 0.15) is 12.8 Å². The van der Waals surface area contributed by atoms with Gasteiger partial charge in [-0.05, 0) is 12.8 Å². The van der Waals surface area contributed by atoms with Gasteiger partial charge in [-0.3, -0.25) is 0 Å². The van der Waals surface area contributed by atoms with Crippen molar-refractivity contribution < 1.29 is 9.47 Å². The van der Waals surface area contributed by atoms with E-state index in [1.54, 1.807) is 7.11 Å². The number of hydrogen-bond donors (Lipinski definition) is 1. The molecule has 2 fully saturated rings. The van der Waals surface area contributed by atoms with Crippen molar-refractivity contribution in [1.82, 2.24) is 0 Å². The summed E-state index contributed by atoms with van der Waals surface area (Å²) in [5, 5.41) is 0. The van der Waals surface area contributed by atoms with Gasteiger partial charge in [0.1, 0.15) is 0 Å². The van der Waals surface area contributed by atoms with Gasteiger partial charge in [0.2, 0.25) is 0 Å². The Morgan fingerprint density at radius 2 is 1.83 bits per heavy atom. The van der Waals surface area contributed by atoms with Crippen LogP contribution >= 0.6 is 0 Å². The molecule has 1 saturated heterocycles. The Hall–Kier alpha value is -0.120. The maximum atomic E-state index is 6.07. The molecule has 12 heavy (non-hydrogen) atoms. The molecular weight excluding hydrogens is 154 g/mol. The second-order valence-corrected chi connectivity index (χ2v) is 3.96. The van der Waals surface area contributed by atoms with E-state index in [2.05, 4.69) is 0 Å². The van der Waals surface area contributed by atoms with E-state index in [1.165, 1.54) is 0 Å². The molecule has 1 saturated carbocycles. The second-order valence-electron chi connectivity index (χ2n) is 3.96. The lowest BCUT2D eigenvalue weighted by molar-refractivity contribution is -0.0753. The van der Waals surface area contributed by atoms with E-state index in [4.69, 9.17) is 15.2 Å². The van der Waals surface area contributed by atoms with Crippen LogP contribution in [0.3, 0.4) is 0 Å². The molecule has 0 aromatic rings. The Kier molecular flexibility index (Phi) is 2.35. The smallest absolute Gasteiger partial charge is 0.0579 e. The number of hydrogen-bond acceptors (Lipinski definition) is 3. The Morgan fingerprint density at radius 1 is 1.25 bits per heavy atom. The zero-order chi connectivity index (χ0) is 8.55. The highest BCUT2D eigenvalue weighted by Gasteiger charge is 2.38. The van der Waals surface area contributed by atoms with Crippen LogP contribution in [0.5, 0.6) is 0 Å². The van der Waals surface area contributed by atoms with Gasteiger partial charge < -0.3 is 15.2 Å². The fraction of sp³-hybridized carbons (Fsp3) is 1.00. The number of fused-ring (bicyclic) bond motifs is 2. The van der Waals surface area contributed by atoms with E-state index in [0.29, 0.717) is 24.0 Å². The van der Waals surface area contributed by atoms with Crippen molar-refractivity contribution in [3.63, 3.8) is 0 Å². The maximum absolute atomic E-state index is 6.07. The number of nitrogens with two attached hydrogens (primary N) is 1. The summed E-state index contributed by atoms with van der Waals surface area (Å²) in [5.74, 6) is 1.06. The lowest BCUT2D eigenvalue weighted by Crippen LogP contribution is -2.52. The summed E-state index contributed by atoms with van der Waals surface area (Å²) in [7, 11) is 1.79. The Bertz CT molecular complexity index is 149. The molecular formula is C9H17NO2. The SMILES string of the molecule is COC1C[C@H]2COC[C@@H](C1)C2N. The lowest BCUT2D eigenvalue weighted by atomic mass is 9.75. The predicted molar refractivity (Wildman–Crippen MR) is 45.8 cm³/mol. The minimum Gasteiger partial charge on any atom is -0.381 e. The normalized spacial score (nSPS) is 47.5. The minimum atomic E-state index is 0.352. The number of ether oxygens (including phenoxy) is 2. The van der Waals surface area contributed by atoms with Crippen LogP contribution in [0.4, 0.5) is 0 Å². The highest BCUT2D eigenvalue weighted by Crippen LogP contribution is 2.33. The Balaban J connectivity index is 2.02. The van der Waals surface area contributed by atoms with E-state index in [0.717, 1.165) is 26.1 Å². The van der Waals surface area contributed by atoms with Crippen molar-refractivity contribution in [2.75, 3.05) is 20.3 Å². The summed E-state index contributed by atoms with van der Waals surface area (Å²) in [6, 6.07) is 0.352. The summed E-state index contributed by atoms with van der Waals surface area (Å²) in [6.45, 7) is 1.66. The van der Waals surface area contributed by atoms with Crippen LogP contribution in [0, 0.1) is 11.8 Å². The van der Waals surface area contributed by atoms with Crippen molar-refractivity contribution in [3.05, 3.63) is 0 Å². The molecule has 1 aliphatic carbocycles. The van der Waals surface area contributed by atoms with Gasteiger partial charge in [-0.15, -0.1) is 0 Å². The van der Waals surface area contributed by atoms with Crippen molar-refractivity contribution in [2.45, 2.75) is 25.0 Å². The molecule has 2 bridgehead atoms. The quantitative estimate of drug-likeness (QED) is 0.620. The van der Waals surface area contributed by atoms with Crippen LogP contribution in [0.25, 0.3) is 0 Å². The number of methoxy groups -OCH3 is 1. The summed E-state index contributed by atoms with van der Waals surface area (Å²) in [6.07, 6.45) is 2.58. The first-order valence-corrected chi connectivity index (χ1v) is 4.67. The molecule has 2 unspecified atom stereocenters. The lowest BCUT2D eigenvalue weighted by Gasteiger charge is -2.43. The molecule has 4 atom stereocenters. The van der Waals surface area contributed by atoms with Gasteiger partial charge in [0.15, 0.2) is 0 Å². The first kappa shape index (κ1) is 8.48. The van der Waals surface area contributed by atoms with E-state index < -0.39 is 0 Å². The highest BCUT2D eigenvalue weighted by atomic mass is 16.5. The zero-order valence-corrected chi connectivity index (χ0v) is 7.53. The standard InChI is InChI=1S/C9H17NO2/c1-11-8-2-6-4-12-5-7(3-8)9(6)10/h6-9H,2-5,10H2,1H3/t6-,7+,8?,9?. The molecule has 0 aromatic heterocycles. The molecule has 3 nitrogen and oxygen atoms in total. The van der Waals surface area contributed by atoms with Crippen molar-refractivity contribution in [1.29, 1.82) is 0 Å². The predicted octanol–water partition coefficient (Wildman–Crippen LogP) is 0.385. The molecule has 0 amide bonds. The van der Waals surface area contributed by atoms with Crippen LogP contribution in [-0.4, -0.2) is 32.5 Å². The molecule has 1 heterocycles. The van der Waals surface area contributed by atoms with Crippen LogP contribution in [-0.2, 0) is 9.47 Å². The van der Waals surface area contributed by atoms with E-state index >= 15 is 0 Å². The zero-order valence-electron chi connectivity index (χ0n) is 7.53. The van der Waals surface area contributed by atoms with Crippen LogP contribution < -0.4 is 5.73 Å². The maximum Gasteiger partial charge on any atom is 0.0579 e. The number of rotatable bonds is 1. The molecule has 2 rings (SSSR count). The summed E-state index contributed by atoms with van der Waals surface area (Å²) < 4.78 is 10.8. The van der Waals surface area contributed by atoms with Crippen molar-refractivity contribution in [2.24, 2.45) is 17.6 Å². The average molecular weight is 171 g/mol. The fourth-order valence-corrected chi connectivity index (χ4v) is 2.39. The van der Waals surface area contributed by atoms with Crippen molar-refractivity contribution >= 4 is 0 Å². The van der Waals surface area contributed by atoms with Gasteiger partial charge in [0, 0.05) is 25.0 Å². The van der Waals surface area contributed by atoms with Crippen molar-refractivity contribution in [3.8, 4) is 0 Å². The fourth-order valence-electron chi connectivity index (χ4n) is 2.39. The van der Waals surface area contributed by atoms with Crippen LogP contribution in [0.2, 0.25) is 0 Å². The molecule has 0 spiro atoms. The van der Waals surface area contributed by atoms with E-state index in [1.807, 2.05) is 0 Å². The van der Waals surface area contributed by atoms with Gasteiger partial charge in [0.25, 0.3) is 0 Å². The third-order valence-electron chi connectivity index (χ3n) is 3.22. The van der Waals surface area contributed by atoms with Gasteiger partial charge in [-0.25, -0.2) is 0 Å². The Labute approximate surface area is 73.2 Å². The molecule has 0 radical (unpaired) electrons. The molecule has 2 aliphatic rings. The summed E-state index contributed by atoms with van der Waals surface area (Å²) in [5.41, 5.74) is 6.07. The Morgan fingerprint density at radius 3 is 2.33 bits per heavy atom. The first-order chi connectivity index (χ1) is 5.81. The minimum absolute atomic E-state index is 0.352. The average Bonchev–Trinajstić information content (AvgIpc) is 2.04. The monoisotopic (exact) mass is 171 g/mol. The topological polar surface area (TPSA) is 44.5 Å². The van der Waals surface area contributed by atoms with Gasteiger partial charge in [-0.2, -0.15) is 0 Å². The molecule has 0 aromatic carbocycles. The van der Waals surface area contributed by atoms with E-state index in [-0.39, 0.29) is 0 Å². The molecule has 70 valence electrons. The summed E-state index contributed by atoms with van der Waals surface area (Å²) >= 11 is 0. The van der Waals surface area contributed by atoms with Gasteiger partial charge in [-0.1, -0.05) is 0 Å². The highest BCUT2D eigenvalue weighted by molar-refractivity contribution is 4.91. The second kappa shape index (κ2) is 3.32. The molecule has 2 N–H and O–H groups in total. The summed E-state index contributed by atoms with van der Waals surface area (Å²) in [4.78, 5) is 0. The van der Waals surface area contributed by atoms with Gasteiger partial charge >= 0.3 is 0 Å². The largest absolute Gasteiger partial charge is 0.381 e. The van der Waals surface area contributed by atoms with E-state index in [9.17, 15) is 0 Å². The molecule has 3 heteroatoms.